The monoisotopic (exact) mass is 413 g/mol. The molecular formula is C25H27N5O. The van der Waals surface area contributed by atoms with E-state index in [1.54, 1.807) is 6.33 Å². The van der Waals surface area contributed by atoms with E-state index in [4.69, 9.17) is 5.26 Å². The number of carbonyl (C=O) groups is 1. The van der Waals surface area contributed by atoms with Crippen LogP contribution in [0.25, 0.3) is 0 Å². The fourth-order valence-corrected chi connectivity index (χ4v) is 4.12. The molecule has 2 aromatic carbocycles. The Morgan fingerprint density at radius 1 is 1.10 bits per heavy atom. The minimum Gasteiger partial charge on any atom is -0.347 e. The van der Waals surface area contributed by atoms with Crippen LogP contribution in [0.1, 0.15) is 44.3 Å². The van der Waals surface area contributed by atoms with E-state index in [1.165, 1.54) is 11.1 Å². The Morgan fingerprint density at radius 3 is 2.45 bits per heavy atom. The van der Waals surface area contributed by atoms with Crippen LogP contribution in [-0.2, 0) is 6.42 Å². The number of amides is 1. The summed E-state index contributed by atoms with van der Waals surface area (Å²) in [5.41, 5.74) is 6.02. The van der Waals surface area contributed by atoms with Crippen LogP contribution in [-0.4, -0.2) is 51.9 Å². The molecule has 0 bridgehead atoms. The second-order valence-corrected chi connectivity index (χ2v) is 8.16. The molecule has 1 fully saturated rings. The summed E-state index contributed by atoms with van der Waals surface area (Å²) >= 11 is 0. The van der Waals surface area contributed by atoms with Gasteiger partial charge in [-0.3, -0.25) is 9.69 Å². The molecule has 6 nitrogen and oxygen atoms in total. The maximum absolute atomic E-state index is 13.0. The summed E-state index contributed by atoms with van der Waals surface area (Å²) < 4.78 is 0. The van der Waals surface area contributed by atoms with E-state index in [0.717, 1.165) is 36.3 Å². The number of carbonyl (C=O) groups excluding carboxylic acids is 1. The van der Waals surface area contributed by atoms with Crippen LogP contribution in [0.5, 0.6) is 0 Å². The number of hydrogen-bond donors (Lipinski definition) is 1. The van der Waals surface area contributed by atoms with Crippen LogP contribution in [0.3, 0.4) is 0 Å². The van der Waals surface area contributed by atoms with Crippen molar-refractivity contribution < 1.29 is 4.79 Å². The lowest BCUT2D eigenvalue weighted by atomic mass is 10.00. The van der Waals surface area contributed by atoms with E-state index in [0.29, 0.717) is 18.7 Å². The molecule has 1 atom stereocenters. The van der Waals surface area contributed by atoms with Crippen LogP contribution < -0.4 is 0 Å². The van der Waals surface area contributed by atoms with Gasteiger partial charge in [0.15, 0.2) is 0 Å². The Morgan fingerprint density at radius 2 is 1.84 bits per heavy atom. The lowest BCUT2D eigenvalue weighted by Gasteiger charge is -2.39. The summed E-state index contributed by atoms with van der Waals surface area (Å²) in [4.78, 5) is 24.8. The summed E-state index contributed by atoms with van der Waals surface area (Å²) in [6, 6.07) is 16.0. The van der Waals surface area contributed by atoms with Crippen LogP contribution in [0.2, 0.25) is 0 Å². The highest BCUT2D eigenvalue weighted by Crippen LogP contribution is 2.25. The number of nitrogens with zero attached hydrogens (tertiary/aromatic N) is 4. The first kappa shape index (κ1) is 20.8. The van der Waals surface area contributed by atoms with E-state index in [1.807, 2.05) is 60.5 Å². The molecule has 31 heavy (non-hydrogen) atoms. The SMILES string of the molecule is Cc1ccc(C(=O)N2CCN(C(Cc3ccc(C#N)cc3)c3cnc[nH]3)CC2)cc1C. The summed E-state index contributed by atoms with van der Waals surface area (Å²) in [6.07, 6.45) is 4.40. The molecule has 0 spiro atoms. The average molecular weight is 414 g/mol. The number of aryl methyl sites for hydroxylation is 2. The molecule has 1 amide bonds. The normalized spacial score (nSPS) is 15.5. The maximum Gasteiger partial charge on any atom is 0.253 e. The molecule has 1 aliphatic heterocycles. The van der Waals surface area contributed by atoms with Crippen LogP contribution in [0.15, 0.2) is 55.0 Å². The summed E-state index contributed by atoms with van der Waals surface area (Å²) in [6.45, 7) is 7.11. The van der Waals surface area contributed by atoms with Crippen molar-refractivity contribution in [2.45, 2.75) is 26.3 Å². The Balaban J connectivity index is 1.45. The number of imidazole rings is 1. The quantitative estimate of drug-likeness (QED) is 0.693. The topological polar surface area (TPSA) is 76.0 Å². The molecule has 0 aliphatic carbocycles. The fraction of sp³-hybridized carbons (Fsp3) is 0.320. The first-order chi connectivity index (χ1) is 15.0. The number of benzene rings is 2. The molecule has 1 saturated heterocycles. The maximum atomic E-state index is 13.0. The van der Waals surface area contributed by atoms with Crippen molar-refractivity contribution in [2.24, 2.45) is 0 Å². The van der Waals surface area contributed by atoms with E-state index in [9.17, 15) is 4.79 Å². The zero-order chi connectivity index (χ0) is 21.8. The summed E-state index contributed by atoms with van der Waals surface area (Å²) in [7, 11) is 0. The number of aromatic nitrogens is 2. The summed E-state index contributed by atoms with van der Waals surface area (Å²) in [5.74, 6) is 0.105. The zero-order valence-electron chi connectivity index (χ0n) is 18.0. The first-order valence-electron chi connectivity index (χ1n) is 10.6. The standard InChI is InChI=1S/C25H27N5O/c1-18-3-8-22(13-19(18)2)25(31)30-11-9-29(10-12-30)24(23-16-27-17-28-23)14-20-4-6-21(15-26)7-5-20/h3-8,13,16-17,24H,9-12,14H2,1-2H3,(H,27,28). The van der Waals surface area contributed by atoms with Crippen molar-refractivity contribution in [3.63, 3.8) is 0 Å². The average Bonchev–Trinajstić information content (AvgIpc) is 3.34. The Labute approximate surface area is 183 Å². The molecule has 1 unspecified atom stereocenters. The van der Waals surface area contributed by atoms with E-state index < -0.39 is 0 Å². The lowest BCUT2D eigenvalue weighted by Crippen LogP contribution is -2.50. The number of hydrogen-bond acceptors (Lipinski definition) is 4. The van der Waals surface area contributed by atoms with Crippen molar-refractivity contribution in [3.8, 4) is 6.07 Å². The smallest absolute Gasteiger partial charge is 0.253 e. The van der Waals surface area contributed by atoms with Gasteiger partial charge in [-0.25, -0.2) is 4.98 Å². The highest BCUT2D eigenvalue weighted by Gasteiger charge is 2.28. The van der Waals surface area contributed by atoms with E-state index in [2.05, 4.69) is 27.9 Å². The van der Waals surface area contributed by atoms with Crippen LogP contribution in [0.4, 0.5) is 0 Å². The number of rotatable bonds is 5. The van der Waals surface area contributed by atoms with Crippen LogP contribution in [0, 0.1) is 25.2 Å². The van der Waals surface area contributed by atoms with Gasteiger partial charge in [0.05, 0.1) is 29.7 Å². The number of nitrogens with one attached hydrogen (secondary N) is 1. The highest BCUT2D eigenvalue weighted by atomic mass is 16.2. The molecule has 1 N–H and O–H groups in total. The Bertz CT molecular complexity index is 1070. The molecule has 3 aromatic rings. The third kappa shape index (κ3) is 4.68. The fourth-order valence-electron chi connectivity index (χ4n) is 4.12. The van der Waals surface area contributed by atoms with Gasteiger partial charge in [0.2, 0.25) is 0 Å². The molecular weight excluding hydrogens is 386 g/mol. The van der Waals surface area contributed by atoms with Crippen molar-refractivity contribution in [1.82, 2.24) is 19.8 Å². The molecule has 0 radical (unpaired) electrons. The zero-order valence-corrected chi connectivity index (χ0v) is 18.0. The number of H-pyrrole nitrogens is 1. The predicted octanol–water partition coefficient (Wildman–Crippen LogP) is 3.64. The lowest BCUT2D eigenvalue weighted by molar-refractivity contribution is 0.0562. The Hall–Kier alpha value is -3.43. The van der Waals surface area contributed by atoms with Gasteiger partial charge < -0.3 is 9.88 Å². The highest BCUT2D eigenvalue weighted by molar-refractivity contribution is 5.94. The molecule has 1 aromatic heterocycles. The third-order valence-electron chi connectivity index (χ3n) is 6.19. The second-order valence-electron chi connectivity index (χ2n) is 8.16. The molecule has 0 saturated carbocycles. The molecule has 2 heterocycles. The molecule has 158 valence electrons. The van der Waals surface area contributed by atoms with Gasteiger partial charge in [0.25, 0.3) is 5.91 Å². The van der Waals surface area contributed by atoms with Crippen molar-refractivity contribution in [1.29, 1.82) is 5.26 Å². The van der Waals surface area contributed by atoms with Crippen molar-refractivity contribution >= 4 is 5.91 Å². The number of nitriles is 1. The molecule has 4 rings (SSSR count). The molecule has 1 aliphatic rings. The second kappa shape index (κ2) is 9.15. The minimum absolute atomic E-state index is 0.105. The first-order valence-corrected chi connectivity index (χ1v) is 10.6. The van der Waals surface area contributed by atoms with Gasteiger partial charge in [-0.2, -0.15) is 5.26 Å². The third-order valence-corrected chi connectivity index (χ3v) is 6.19. The predicted molar refractivity (Wildman–Crippen MR) is 120 cm³/mol. The van der Waals surface area contributed by atoms with Crippen molar-refractivity contribution in [2.75, 3.05) is 26.2 Å². The van der Waals surface area contributed by atoms with Gasteiger partial charge in [-0.05, 0) is 61.2 Å². The van der Waals surface area contributed by atoms with E-state index >= 15 is 0 Å². The van der Waals surface area contributed by atoms with Gasteiger partial charge in [-0.15, -0.1) is 0 Å². The Kier molecular flexibility index (Phi) is 6.15. The van der Waals surface area contributed by atoms with Crippen LogP contribution >= 0.6 is 0 Å². The van der Waals surface area contributed by atoms with Gasteiger partial charge in [-0.1, -0.05) is 18.2 Å². The number of aromatic amines is 1. The number of piperazine rings is 1. The van der Waals surface area contributed by atoms with Gasteiger partial charge in [0.1, 0.15) is 0 Å². The molecule has 6 heteroatoms. The van der Waals surface area contributed by atoms with E-state index in [-0.39, 0.29) is 11.9 Å². The largest absolute Gasteiger partial charge is 0.347 e. The minimum atomic E-state index is 0.105. The van der Waals surface area contributed by atoms with Gasteiger partial charge >= 0.3 is 0 Å². The van der Waals surface area contributed by atoms with Crippen molar-refractivity contribution in [3.05, 3.63) is 88.5 Å². The summed E-state index contributed by atoms with van der Waals surface area (Å²) in [5, 5.41) is 9.04. The van der Waals surface area contributed by atoms with Gasteiger partial charge in [0, 0.05) is 37.9 Å².